The zero-order valence-electron chi connectivity index (χ0n) is 9.20. The van der Waals surface area contributed by atoms with Gasteiger partial charge in [0.1, 0.15) is 6.61 Å². The average molecular weight is 195 g/mol. The minimum atomic E-state index is 0.733. The summed E-state index contributed by atoms with van der Waals surface area (Å²) in [6, 6.07) is 0. The van der Waals surface area contributed by atoms with Crippen molar-refractivity contribution >= 4 is 0 Å². The standard InChI is InChI=1S/C5H9N.C5H6O.C2H6/c1-4-2-6-3-5(1)4;1-2-4-6-5-3-1;1-2/h4-6H,1-3H2;1-4H,5H2;1-2H3. The van der Waals surface area contributed by atoms with E-state index in [1.807, 2.05) is 32.1 Å². The van der Waals surface area contributed by atoms with Crippen molar-refractivity contribution in [2.45, 2.75) is 20.3 Å². The third-order valence-electron chi connectivity index (χ3n) is 2.50. The Balaban J connectivity index is 0.000000120. The number of nitrogens with one attached hydrogen (secondary N) is 1. The molecule has 2 unspecified atom stereocenters. The van der Waals surface area contributed by atoms with Crippen LogP contribution in [-0.2, 0) is 4.74 Å². The number of hydrogen-bond acceptors (Lipinski definition) is 2. The summed E-state index contributed by atoms with van der Waals surface area (Å²) >= 11 is 0. The molecule has 0 aromatic carbocycles. The Hall–Kier alpha value is -0.760. The fraction of sp³-hybridized carbons (Fsp3) is 0.667. The van der Waals surface area contributed by atoms with Gasteiger partial charge in [0.15, 0.2) is 0 Å². The van der Waals surface area contributed by atoms with Crippen LogP contribution >= 0.6 is 0 Å². The highest BCUT2D eigenvalue weighted by molar-refractivity contribution is 5.03. The molecule has 0 amide bonds. The maximum Gasteiger partial charge on any atom is 0.106 e. The Morgan fingerprint density at radius 2 is 1.86 bits per heavy atom. The molecular formula is C12H21NO. The van der Waals surface area contributed by atoms with Crippen LogP contribution in [0.25, 0.3) is 0 Å². The molecule has 2 nitrogen and oxygen atoms in total. The molecule has 0 aromatic rings. The van der Waals surface area contributed by atoms with Crippen LogP contribution in [0.4, 0.5) is 0 Å². The smallest absolute Gasteiger partial charge is 0.106 e. The lowest BCUT2D eigenvalue weighted by molar-refractivity contribution is 0.286. The highest BCUT2D eigenvalue weighted by atomic mass is 16.5. The van der Waals surface area contributed by atoms with E-state index in [2.05, 4.69) is 5.32 Å². The molecule has 80 valence electrons. The molecule has 3 aliphatic rings. The molecule has 3 rings (SSSR count). The van der Waals surface area contributed by atoms with Crippen molar-refractivity contribution in [3.63, 3.8) is 0 Å². The summed E-state index contributed by atoms with van der Waals surface area (Å²) in [5.74, 6) is 2.20. The molecular weight excluding hydrogens is 174 g/mol. The van der Waals surface area contributed by atoms with E-state index >= 15 is 0 Å². The van der Waals surface area contributed by atoms with Crippen molar-refractivity contribution in [1.82, 2.24) is 5.32 Å². The summed E-state index contributed by atoms with van der Waals surface area (Å²) in [5.41, 5.74) is 0. The van der Waals surface area contributed by atoms with E-state index in [1.54, 1.807) is 6.26 Å². The van der Waals surface area contributed by atoms with E-state index in [0.717, 1.165) is 18.4 Å². The van der Waals surface area contributed by atoms with Crippen LogP contribution in [-0.4, -0.2) is 19.7 Å². The van der Waals surface area contributed by atoms with E-state index in [0.29, 0.717) is 0 Å². The molecule has 0 spiro atoms. The number of fused-ring (bicyclic) bond motifs is 1. The normalized spacial score (nSPS) is 30.1. The third-order valence-corrected chi connectivity index (χ3v) is 2.50. The topological polar surface area (TPSA) is 21.3 Å². The Bertz CT molecular complexity index is 178. The Morgan fingerprint density at radius 1 is 1.14 bits per heavy atom. The van der Waals surface area contributed by atoms with Crippen LogP contribution in [0.2, 0.25) is 0 Å². The van der Waals surface area contributed by atoms with Crippen molar-refractivity contribution < 1.29 is 4.74 Å². The van der Waals surface area contributed by atoms with Gasteiger partial charge in [0.05, 0.1) is 6.26 Å². The minimum absolute atomic E-state index is 0.733. The summed E-state index contributed by atoms with van der Waals surface area (Å²) in [5, 5.41) is 3.32. The van der Waals surface area contributed by atoms with Gasteiger partial charge in [-0.15, -0.1) is 0 Å². The summed E-state index contributed by atoms with van der Waals surface area (Å²) in [6.45, 7) is 7.35. The van der Waals surface area contributed by atoms with Gasteiger partial charge in [0.25, 0.3) is 0 Å². The van der Waals surface area contributed by atoms with Gasteiger partial charge >= 0.3 is 0 Å². The van der Waals surface area contributed by atoms with Gasteiger partial charge in [-0.2, -0.15) is 0 Å². The predicted molar refractivity (Wildman–Crippen MR) is 60.0 cm³/mol. The van der Waals surface area contributed by atoms with Crippen molar-refractivity contribution in [3.05, 3.63) is 24.5 Å². The molecule has 0 bridgehead atoms. The van der Waals surface area contributed by atoms with Crippen LogP contribution in [0.3, 0.4) is 0 Å². The molecule has 1 N–H and O–H groups in total. The van der Waals surface area contributed by atoms with Crippen molar-refractivity contribution in [2.24, 2.45) is 11.8 Å². The van der Waals surface area contributed by atoms with Gasteiger partial charge in [0, 0.05) is 0 Å². The second-order valence-corrected chi connectivity index (χ2v) is 3.50. The molecule has 2 fully saturated rings. The molecule has 2 heteroatoms. The number of piperidine rings is 1. The first-order valence-corrected chi connectivity index (χ1v) is 5.61. The number of hydrogen-bond donors (Lipinski definition) is 1. The molecule has 1 saturated carbocycles. The Kier molecular flexibility index (Phi) is 5.38. The highest BCUT2D eigenvalue weighted by Crippen LogP contribution is 2.40. The van der Waals surface area contributed by atoms with Crippen LogP contribution < -0.4 is 5.32 Å². The van der Waals surface area contributed by atoms with Crippen molar-refractivity contribution in [2.75, 3.05) is 19.7 Å². The summed E-state index contributed by atoms with van der Waals surface area (Å²) < 4.78 is 4.80. The summed E-state index contributed by atoms with van der Waals surface area (Å²) in [6.07, 6.45) is 8.99. The van der Waals surface area contributed by atoms with Crippen LogP contribution in [0.1, 0.15) is 20.3 Å². The van der Waals surface area contributed by atoms with Crippen LogP contribution in [0.5, 0.6) is 0 Å². The molecule has 2 aliphatic heterocycles. The van der Waals surface area contributed by atoms with E-state index in [1.165, 1.54) is 19.5 Å². The maximum atomic E-state index is 4.80. The van der Waals surface area contributed by atoms with Gasteiger partial charge in [-0.05, 0) is 43.5 Å². The molecule has 14 heavy (non-hydrogen) atoms. The van der Waals surface area contributed by atoms with E-state index in [9.17, 15) is 0 Å². The molecule has 1 aliphatic carbocycles. The lowest BCUT2D eigenvalue weighted by atomic mass is 10.4. The van der Waals surface area contributed by atoms with Crippen LogP contribution in [0, 0.1) is 11.8 Å². The third kappa shape index (κ3) is 3.97. The fourth-order valence-corrected chi connectivity index (χ4v) is 1.61. The monoisotopic (exact) mass is 195 g/mol. The zero-order chi connectivity index (χ0) is 10.2. The molecule has 0 radical (unpaired) electrons. The quantitative estimate of drug-likeness (QED) is 0.640. The number of allylic oxidation sites excluding steroid dienone is 2. The van der Waals surface area contributed by atoms with Gasteiger partial charge in [-0.3, -0.25) is 0 Å². The summed E-state index contributed by atoms with van der Waals surface area (Å²) in [7, 11) is 0. The first kappa shape index (κ1) is 11.3. The van der Waals surface area contributed by atoms with Gasteiger partial charge in [-0.25, -0.2) is 0 Å². The largest absolute Gasteiger partial charge is 0.497 e. The first-order valence-electron chi connectivity index (χ1n) is 5.61. The van der Waals surface area contributed by atoms with Gasteiger partial charge < -0.3 is 10.1 Å². The molecule has 0 aromatic heterocycles. The molecule has 1 saturated heterocycles. The lowest BCUT2D eigenvalue weighted by Gasteiger charge is -1.94. The summed E-state index contributed by atoms with van der Waals surface area (Å²) in [4.78, 5) is 0. The van der Waals surface area contributed by atoms with Gasteiger partial charge in [0.2, 0.25) is 0 Å². The lowest BCUT2D eigenvalue weighted by Crippen LogP contribution is -2.10. The van der Waals surface area contributed by atoms with Crippen molar-refractivity contribution in [3.8, 4) is 0 Å². The molecule has 2 heterocycles. The zero-order valence-corrected chi connectivity index (χ0v) is 9.20. The minimum Gasteiger partial charge on any atom is -0.497 e. The van der Waals surface area contributed by atoms with Crippen LogP contribution in [0.15, 0.2) is 24.5 Å². The fourth-order valence-electron chi connectivity index (χ4n) is 1.61. The maximum absolute atomic E-state index is 4.80. The number of rotatable bonds is 0. The van der Waals surface area contributed by atoms with E-state index in [4.69, 9.17) is 4.74 Å². The highest BCUT2D eigenvalue weighted by Gasteiger charge is 2.40. The van der Waals surface area contributed by atoms with Crippen molar-refractivity contribution in [1.29, 1.82) is 0 Å². The first-order chi connectivity index (χ1) is 6.97. The second kappa shape index (κ2) is 6.66. The second-order valence-electron chi connectivity index (χ2n) is 3.50. The van der Waals surface area contributed by atoms with Gasteiger partial charge in [-0.1, -0.05) is 19.9 Å². The Labute approximate surface area is 87.0 Å². The Morgan fingerprint density at radius 3 is 2.00 bits per heavy atom. The predicted octanol–water partition coefficient (Wildman–Crippen LogP) is 2.34. The average Bonchev–Trinajstić information content (AvgIpc) is 2.92. The van der Waals surface area contributed by atoms with E-state index < -0.39 is 0 Å². The SMILES string of the molecule is C1=CCOC=C1.C1NCC2CC12.CC. The van der Waals surface area contributed by atoms with E-state index in [-0.39, 0.29) is 0 Å². The molecule has 2 atom stereocenters. The number of ether oxygens (including phenoxy) is 1.